The van der Waals surface area contributed by atoms with Crippen LogP contribution in [0.4, 0.5) is 4.79 Å². The van der Waals surface area contributed by atoms with Crippen LogP contribution in [-0.4, -0.2) is 69.7 Å². The van der Waals surface area contributed by atoms with Gasteiger partial charge in [0, 0.05) is 13.1 Å². The molecule has 90 valence electrons. The Bertz CT molecular complexity index is 164. The van der Waals surface area contributed by atoms with Crippen molar-refractivity contribution < 1.29 is 19.4 Å². The van der Waals surface area contributed by atoms with Crippen LogP contribution in [0.5, 0.6) is 0 Å². The van der Waals surface area contributed by atoms with E-state index in [0.717, 1.165) is 6.54 Å². The molecular formula is C9H20N2O4. The van der Waals surface area contributed by atoms with E-state index in [1.165, 1.54) is 0 Å². The van der Waals surface area contributed by atoms with Gasteiger partial charge < -0.3 is 24.8 Å². The average Bonchev–Trinajstić information content (AvgIpc) is 2.14. The van der Waals surface area contributed by atoms with E-state index in [1.807, 2.05) is 19.0 Å². The van der Waals surface area contributed by atoms with Crippen LogP contribution in [0.1, 0.15) is 0 Å². The Morgan fingerprint density at radius 1 is 1.20 bits per heavy atom. The van der Waals surface area contributed by atoms with Gasteiger partial charge in [-0.15, -0.1) is 0 Å². The van der Waals surface area contributed by atoms with Crippen molar-refractivity contribution in [3.63, 3.8) is 0 Å². The lowest BCUT2D eigenvalue weighted by Crippen LogP contribution is -2.25. The number of carboxylic acid groups (broad SMARTS) is 1. The zero-order valence-electron chi connectivity index (χ0n) is 9.36. The standard InChI is InChI=1S/C9H20N2O4/c1-11(2)4-6-15-8-7-14-5-3-10-9(12)13/h10H,3-8H2,1-2H3,(H,12,13). The summed E-state index contributed by atoms with van der Waals surface area (Å²) in [6.07, 6.45) is -1.03. The van der Waals surface area contributed by atoms with Crippen LogP contribution >= 0.6 is 0 Å². The van der Waals surface area contributed by atoms with Crippen LogP contribution < -0.4 is 5.32 Å². The van der Waals surface area contributed by atoms with Crippen molar-refractivity contribution in [2.75, 3.05) is 53.6 Å². The van der Waals surface area contributed by atoms with Gasteiger partial charge in [0.25, 0.3) is 0 Å². The first-order chi connectivity index (χ1) is 7.13. The summed E-state index contributed by atoms with van der Waals surface area (Å²) in [5.74, 6) is 0. The molecule has 0 atom stereocenters. The fourth-order valence-electron chi connectivity index (χ4n) is 0.799. The lowest BCUT2D eigenvalue weighted by molar-refractivity contribution is 0.0438. The first kappa shape index (κ1) is 14.2. The van der Waals surface area contributed by atoms with Crippen molar-refractivity contribution in [1.29, 1.82) is 0 Å². The van der Waals surface area contributed by atoms with Gasteiger partial charge in [-0.25, -0.2) is 4.79 Å². The summed E-state index contributed by atoms with van der Waals surface area (Å²) < 4.78 is 10.4. The number of ether oxygens (including phenoxy) is 2. The molecule has 0 aliphatic rings. The highest BCUT2D eigenvalue weighted by Crippen LogP contribution is 1.80. The van der Waals surface area contributed by atoms with E-state index in [0.29, 0.717) is 33.0 Å². The van der Waals surface area contributed by atoms with Crippen LogP contribution in [0.25, 0.3) is 0 Å². The first-order valence-corrected chi connectivity index (χ1v) is 4.90. The van der Waals surface area contributed by atoms with Crippen molar-refractivity contribution in [1.82, 2.24) is 10.2 Å². The number of amides is 1. The van der Waals surface area contributed by atoms with Crippen molar-refractivity contribution in [2.45, 2.75) is 0 Å². The minimum absolute atomic E-state index is 0.313. The van der Waals surface area contributed by atoms with Gasteiger partial charge in [0.1, 0.15) is 0 Å². The van der Waals surface area contributed by atoms with E-state index in [1.54, 1.807) is 0 Å². The number of hydrogen-bond donors (Lipinski definition) is 2. The van der Waals surface area contributed by atoms with Gasteiger partial charge in [-0.05, 0) is 14.1 Å². The second-order valence-corrected chi connectivity index (χ2v) is 3.26. The number of carbonyl (C=O) groups is 1. The lowest BCUT2D eigenvalue weighted by atomic mass is 10.6. The van der Waals surface area contributed by atoms with Crippen LogP contribution in [0.3, 0.4) is 0 Å². The average molecular weight is 220 g/mol. The minimum atomic E-state index is -1.03. The molecule has 0 bridgehead atoms. The summed E-state index contributed by atoms with van der Waals surface area (Å²) in [7, 11) is 3.97. The van der Waals surface area contributed by atoms with Crippen molar-refractivity contribution >= 4 is 6.09 Å². The molecule has 0 saturated carbocycles. The van der Waals surface area contributed by atoms with E-state index in [9.17, 15) is 4.79 Å². The summed E-state index contributed by atoms with van der Waals surface area (Å²) in [6.45, 7) is 3.30. The smallest absolute Gasteiger partial charge is 0.404 e. The molecule has 0 radical (unpaired) electrons. The molecule has 0 aliphatic carbocycles. The third-order valence-corrected chi connectivity index (χ3v) is 1.58. The summed E-state index contributed by atoms with van der Waals surface area (Å²) in [5, 5.41) is 10.4. The van der Waals surface area contributed by atoms with Gasteiger partial charge in [0.05, 0.1) is 26.4 Å². The Hall–Kier alpha value is -0.850. The van der Waals surface area contributed by atoms with E-state index in [4.69, 9.17) is 14.6 Å². The molecule has 0 aromatic heterocycles. The highest BCUT2D eigenvalue weighted by molar-refractivity contribution is 5.64. The zero-order valence-corrected chi connectivity index (χ0v) is 9.36. The third-order valence-electron chi connectivity index (χ3n) is 1.58. The van der Waals surface area contributed by atoms with Gasteiger partial charge in [-0.1, -0.05) is 0 Å². The molecule has 0 heterocycles. The normalized spacial score (nSPS) is 10.6. The van der Waals surface area contributed by atoms with E-state index < -0.39 is 6.09 Å². The Kier molecular flexibility index (Phi) is 9.15. The maximum absolute atomic E-state index is 10.0. The van der Waals surface area contributed by atoms with Crippen LogP contribution in [0, 0.1) is 0 Å². The number of nitrogens with one attached hydrogen (secondary N) is 1. The monoisotopic (exact) mass is 220 g/mol. The zero-order chi connectivity index (χ0) is 11.5. The molecule has 6 nitrogen and oxygen atoms in total. The van der Waals surface area contributed by atoms with Crippen molar-refractivity contribution in [3.05, 3.63) is 0 Å². The molecule has 0 fully saturated rings. The minimum Gasteiger partial charge on any atom is -0.465 e. The molecule has 0 spiro atoms. The fourth-order valence-corrected chi connectivity index (χ4v) is 0.799. The molecule has 0 saturated heterocycles. The van der Waals surface area contributed by atoms with Crippen LogP contribution in [-0.2, 0) is 9.47 Å². The van der Waals surface area contributed by atoms with E-state index >= 15 is 0 Å². The van der Waals surface area contributed by atoms with Crippen molar-refractivity contribution in [3.8, 4) is 0 Å². The summed E-state index contributed by atoms with van der Waals surface area (Å²) in [6, 6.07) is 0. The lowest BCUT2D eigenvalue weighted by Gasteiger charge is -2.09. The Labute approximate surface area is 90.2 Å². The Morgan fingerprint density at radius 2 is 1.80 bits per heavy atom. The third kappa shape index (κ3) is 13.2. The first-order valence-electron chi connectivity index (χ1n) is 4.90. The summed E-state index contributed by atoms with van der Waals surface area (Å²) >= 11 is 0. The van der Waals surface area contributed by atoms with Crippen LogP contribution in [0.2, 0.25) is 0 Å². The molecule has 1 amide bonds. The molecule has 15 heavy (non-hydrogen) atoms. The maximum atomic E-state index is 10.0. The molecular weight excluding hydrogens is 200 g/mol. The second-order valence-electron chi connectivity index (χ2n) is 3.26. The highest BCUT2D eigenvalue weighted by Gasteiger charge is 1.94. The second kappa shape index (κ2) is 9.70. The molecule has 0 aromatic carbocycles. The Morgan fingerprint density at radius 3 is 2.33 bits per heavy atom. The van der Waals surface area contributed by atoms with Crippen LogP contribution in [0.15, 0.2) is 0 Å². The molecule has 0 aliphatic heterocycles. The van der Waals surface area contributed by atoms with E-state index in [-0.39, 0.29) is 0 Å². The number of hydrogen-bond acceptors (Lipinski definition) is 4. The van der Waals surface area contributed by atoms with Gasteiger partial charge in [0.15, 0.2) is 0 Å². The highest BCUT2D eigenvalue weighted by atomic mass is 16.5. The largest absolute Gasteiger partial charge is 0.465 e. The molecule has 0 aromatic rings. The van der Waals surface area contributed by atoms with Gasteiger partial charge in [0.2, 0.25) is 0 Å². The molecule has 0 unspecified atom stereocenters. The number of likely N-dealkylation sites (N-methyl/N-ethyl adjacent to an activating group) is 1. The summed E-state index contributed by atoms with van der Waals surface area (Å²) in [5.41, 5.74) is 0. The van der Waals surface area contributed by atoms with Gasteiger partial charge in [-0.3, -0.25) is 0 Å². The van der Waals surface area contributed by atoms with Crippen molar-refractivity contribution in [2.24, 2.45) is 0 Å². The fraction of sp³-hybridized carbons (Fsp3) is 0.889. The number of rotatable bonds is 9. The molecule has 6 heteroatoms. The predicted molar refractivity (Wildman–Crippen MR) is 56.2 cm³/mol. The summed E-state index contributed by atoms with van der Waals surface area (Å²) in [4.78, 5) is 12.1. The maximum Gasteiger partial charge on any atom is 0.404 e. The molecule has 2 N–H and O–H groups in total. The van der Waals surface area contributed by atoms with Gasteiger partial charge >= 0.3 is 6.09 Å². The molecule has 0 rings (SSSR count). The quantitative estimate of drug-likeness (QED) is 0.529. The van der Waals surface area contributed by atoms with Gasteiger partial charge in [-0.2, -0.15) is 0 Å². The predicted octanol–water partition coefficient (Wildman–Crippen LogP) is -0.151. The van der Waals surface area contributed by atoms with E-state index in [2.05, 4.69) is 5.32 Å². The topological polar surface area (TPSA) is 71.0 Å². The SMILES string of the molecule is CN(C)CCOCCOCCNC(=O)O. The Balaban J connectivity index is 2.96. The number of nitrogens with zero attached hydrogens (tertiary/aromatic N) is 1.